The first kappa shape index (κ1) is 28.2. The van der Waals surface area contributed by atoms with Gasteiger partial charge in [-0.25, -0.2) is 5.10 Å². The Kier molecular flexibility index (Phi) is 8.83. The minimum atomic E-state index is -0.385. The molecule has 1 aromatic heterocycles. The topological polar surface area (TPSA) is 123 Å². The van der Waals surface area contributed by atoms with E-state index in [4.69, 9.17) is 18.9 Å². The van der Waals surface area contributed by atoms with Crippen molar-refractivity contribution in [3.05, 3.63) is 81.3 Å². The highest BCUT2D eigenvalue weighted by Crippen LogP contribution is 2.41. The normalized spacial score (nSPS) is 17.5. The van der Waals surface area contributed by atoms with E-state index in [1.54, 1.807) is 20.3 Å². The molecular weight excluding hydrogens is 528 g/mol. The van der Waals surface area contributed by atoms with E-state index in [0.29, 0.717) is 55.5 Å². The van der Waals surface area contributed by atoms with Gasteiger partial charge in [0.1, 0.15) is 12.4 Å². The van der Waals surface area contributed by atoms with Crippen molar-refractivity contribution >= 4 is 11.8 Å². The molecule has 0 radical (unpaired) electrons. The number of nitrogens with zero attached hydrogens (tertiary/aromatic N) is 3. The zero-order chi connectivity index (χ0) is 28.8. The van der Waals surface area contributed by atoms with Gasteiger partial charge in [0.2, 0.25) is 11.8 Å². The summed E-state index contributed by atoms with van der Waals surface area (Å²) in [5.74, 6) is 1.57. The summed E-state index contributed by atoms with van der Waals surface area (Å²) in [7, 11) is 3.20. The lowest BCUT2D eigenvalue weighted by Crippen LogP contribution is -2.47. The lowest BCUT2D eigenvalue weighted by atomic mass is 9.87. The number of H-pyrrole nitrogens is 1. The van der Waals surface area contributed by atoms with Gasteiger partial charge in [-0.2, -0.15) is 5.10 Å². The van der Waals surface area contributed by atoms with Crippen LogP contribution in [0.2, 0.25) is 0 Å². The molecule has 4 heterocycles. The van der Waals surface area contributed by atoms with Crippen LogP contribution in [0.5, 0.6) is 17.2 Å². The fraction of sp³-hybridized carbons (Fsp3) is 0.400. The summed E-state index contributed by atoms with van der Waals surface area (Å²) in [4.78, 5) is 42.0. The molecule has 0 saturated heterocycles. The average Bonchev–Trinajstić information content (AvgIpc) is 3.01. The number of fused-ring (bicyclic) bond motifs is 11. The van der Waals surface area contributed by atoms with Crippen LogP contribution in [0, 0.1) is 0 Å². The second-order valence-corrected chi connectivity index (χ2v) is 9.90. The number of aromatic amines is 1. The Morgan fingerprint density at radius 2 is 1.78 bits per heavy atom. The molecule has 11 heteroatoms. The van der Waals surface area contributed by atoms with E-state index < -0.39 is 0 Å². The molecule has 1 unspecified atom stereocenters. The minimum absolute atomic E-state index is 0.0883. The van der Waals surface area contributed by atoms with Crippen molar-refractivity contribution in [3.8, 4) is 17.2 Å². The molecule has 41 heavy (non-hydrogen) atoms. The molecule has 3 aliphatic heterocycles. The van der Waals surface area contributed by atoms with E-state index in [0.717, 1.165) is 16.7 Å². The molecule has 1 atom stereocenters. The smallest absolute Gasteiger partial charge is 0.264 e. The van der Waals surface area contributed by atoms with Gasteiger partial charge in [-0.05, 0) is 53.4 Å². The van der Waals surface area contributed by atoms with Crippen LogP contribution in [0.1, 0.15) is 34.8 Å². The number of hydrogen-bond donors (Lipinski definition) is 1. The number of ether oxygens (including phenoxy) is 4. The van der Waals surface area contributed by atoms with Crippen LogP contribution in [0.3, 0.4) is 0 Å². The van der Waals surface area contributed by atoms with E-state index in [1.807, 2.05) is 41.3 Å². The van der Waals surface area contributed by atoms with E-state index >= 15 is 0 Å². The number of carbonyl (C=O) groups excluding carboxylic acids is 2. The van der Waals surface area contributed by atoms with Crippen molar-refractivity contribution in [2.45, 2.75) is 25.3 Å². The molecule has 3 aromatic rings. The maximum atomic E-state index is 14.0. The van der Waals surface area contributed by atoms with Crippen molar-refractivity contribution in [2.24, 2.45) is 0 Å². The lowest BCUT2D eigenvalue weighted by Gasteiger charge is -2.39. The Morgan fingerprint density at radius 1 is 1.00 bits per heavy atom. The molecule has 3 aliphatic rings. The number of methoxy groups -OCH3 is 2. The Hall–Kier alpha value is -4.38. The van der Waals surface area contributed by atoms with Gasteiger partial charge in [-0.15, -0.1) is 0 Å². The lowest BCUT2D eigenvalue weighted by molar-refractivity contribution is -0.142. The molecule has 6 rings (SSSR count). The van der Waals surface area contributed by atoms with E-state index in [2.05, 4.69) is 10.2 Å². The standard InChI is InChI=1S/C30H34N4O7/c1-38-25-17-21-11-12-34-29(37)19-33(28(36)10-6-22-5-9-27(35)32-31-22)13-14-40-15-16-41-23-7-3-20(4-8-23)30(34)24(21)18-26(25)39-2/h3-5,7-9,17-18,30H,6,10-16,19H2,1-2H3,(H,32,35). The number of nitrogens with one attached hydrogen (secondary N) is 1. The molecule has 11 nitrogen and oxygen atoms in total. The third-order valence-electron chi connectivity index (χ3n) is 7.40. The highest BCUT2D eigenvalue weighted by atomic mass is 16.5. The second kappa shape index (κ2) is 12.9. The number of carbonyl (C=O) groups is 2. The zero-order valence-corrected chi connectivity index (χ0v) is 23.3. The summed E-state index contributed by atoms with van der Waals surface area (Å²) in [5, 5.41) is 6.37. The predicted octanol–water partition coefficient (Wildman–Crippen LogP) is 2.13. The van der Waals surface area contributed by atoms with Crippen LogP contribution in [0.15, 0.2) is 53.3 Å². The van der Waals surface area contributed by atoms with Gasteiger partial charge in [0.25, 0.3) is 5.56 Å². The molecule has 2 aromatic carbocycles. The van der Waals surface area contributed by atoms with Crippen LogP contribution in [0.25, 0.3) is 0 Å². The molecule has 0 aliphatic carbocycles. The number of hydrogen-bond acceptors (Lipinski definition) is 8. The second-order valence-electron chi connectivity index (χ2n) is 9.90. The summed E-state index contributed by atoms with van der Waals surface area (Å²) >= 11 is 0. The Bertz CT molecular complexity index is 1420. The molecule has 1 N–H and O–H groups in total. The van der Waals surface area contributed by atoms with Crippen LogP contribution in [0.4, 0.5) is 0 Å². The fourth-order valence-electron chi connectivity index (χ4n) is 5.27. The van der Waals surface area contributed by atoms with E-state index in [9.17, 15) is 14.4 Å². The summed E-state index contributed by atoms with van der Waals surface area (Å²) in [6.45, 7) is 1.62. The van der Waals surface area contributed by atoms with Crippen molar-refractivity contribution in [1.82, 2.24) is 20.0 Å². The van der Waals surface area contributed by atoms with Crippen LogP contribution < -0.4 is 19.8 Å². The van der Waals surface area contributed by atoms with Crippen molar-refractivity contribution in [1.29, 1.82) is 0 Å². The van der Waals surface area contributed by atoms with Crippen molar-refractivity contribution in [3.63, 3.8) is 0 Å². The first-order chi connectivity index (χ1) is 20.0. The first-order valence-corrected chi connectivity index (χ1v) is 13.6. The Balaban J connectivity index is 1.45. The van der Waals surface area contributed by atoms with Crippen molar-refractivity contribution < 1.29 is 28.5 Å². The van der Waals surface area contributed by atoms with Gasteiger partial charge in [-0.1, -0.05) is 12.1 Å². The molecule has 216 valence electrons. The number of benzene rings is 2. The minimum Gasteiger partial charge on any atom is -0.493 e. The predicted molar refractivity (Wildman–Crippen MR) is 149 cm³/mol. The molecule has 2 bridgehead atoms. The number of amides is 2. The largest absolute Gasteiger partial charge is 0.493 e. The third kappa shape index (κ3) is 6.51. The quantitative estimate of drug-likeness (QED) is 0.470. The van der Waals surface area contributed by atoms with Gasteiger partial charge >= 0.3 is 0 Å². The molecule has 0 fully saturated rings. The molecule has 0 spiro atoms. The maximum Gasteiger partial charge on any atom is 0.264 e. The zero-order valence-electron chi connectivity index (χ0n) is 23.3. The number of aromatic nitrogens is 2. The molecular formula is C30H34N4O7. The summed E-state index contributed by atoms with van der Waals surface area (Å²) in [6, 6.07) is 14.2. The van der Waals surface area contributed by atoms with Gasteiger partial charge in [0, 0.05) is 32.0 Å². The van der Waals surface area contributed by atoms with Gasteiger partial charge in [0.15, 0.2) is 11.5 Å². The third-order valence-corrected chi connectivity index (χ3v) is 7.40. The summed E-state index contributed by atoms with van der Waals surface area (Å²) in [6.07, 6.45) is 1.11. The summed E-state index contributed by atoms with van der Waals surface area (Å²) < 4.78 is 22.7. The van der Waals surface area contributed by atoms with E-state index in [-0.39, 0.29) is 49.5 Å². The van der Waals surface area contributed by atoms with E-state index in [1.165, 1.54) is 11.0 Å². The van der Waals surface area contributed by atoms with Gasteiger partial charge < -0.3 is 28.7 Å². The van der Waals surface area contributed by atoms with Crippen LogP contribution in [-0.2, 0) is 27.2 Å². The monoisotopic (exact) mass is 562 g/mol. The van der Waals surface area contributed by atoms with Crippen molar-refractivity contribution in [2.75, 3.05) is 53.7 Å². The molecule has 2 amide bonds. The number of aryl methyl sites for hydroxylation is 1. The Labute approximate surface area is 238 Å². The van der Waals surface area contributed by atoms with Crippen LogP contribution in [-0.4, -0.2) is 85.5 Å². The van der Waals surface area contributed by atoms with Gasteiger partial charge in [0.05, 0.1) is 45.7 Å². The maximum absolute atomic E-state index is 14.0. The summed E-state index contributed by atoms with van der Waals surface area (Å²) in [5.41, 5.74) is 3.24. The van der Waals surface area contributed by atoms with Gasteiger partial charge in [-0.3, -0.25) is 14.4 Å². The first-order valence-electron chi connectivity index (χ1n) is 13.6. The SMILES string of the molecule is COc1cc2c(cc1OC)C1c3ccc(cc3)OCCOCCN(C(=O)CCc3ccc(=O)[nH]n3)CC(=O)N1CC2. The highest BCUT2D eigenvalue weighted by Gasteiger charge is 2.34. The van der Waals surface area contributed by atoms with Crippen LogP contribution >= 0.6 is 0 Å². The Morgan fingerprint density at radius 3 is 2.51 bits per heavy atom. The number of rotatable bonds is 5. The highest BCUT2D eigenvalue weighted by molar-refractivity contribution is 5.85. The fourth-order valence-corrected chi connectivity index (χ4v) is 5.27. The average molecular weight is 563 g/mol. The molecule has 0 saturated carbocycles.